The third kappa shape index (κ3) is 4.19. The van der Waals surface area contributed by atoms with Crippen molar-refractivity contribution >= 4 is 8.32 Å². The van der Waals surface area contributed by atoms with Crippen LogP contribution < -0.4 is 9.16 Å². The maximum atomic E-state index is 9.97. The van der Waals surface area contributed by atoms with Crippen LogP contribution in [-0.4, -0.2) is 19.5 Å². The summed E-state index contributed by atoms with van der Waals surface area (Å²) in [4.78, 5) is 0. The normalized spacial score (nSPS) is 12.5. The summed E-state index contributed by atoms with van der Waals surface area (Å²) in [6.07, 6.45) is 0.0666. The molecule has 3 nitrogen and oxygen atoms in total. The van der Waals surface area contributed by atoms with E-state index in [2.05, 4.69) is 41.5 Å². The highest BCUT2D eigenvalue weighted by Crippen LogP contribution is 2.43. The van der Waals surface area contributed by atoms with Crippen molar-refractivity contribution in [3.8, 4) is 17.2 Å². The number of rotatable bonds is 7. The first-order valence-corrected chi connectivity index (χ1v) is 10.4. The molecule has 1 N–H and O–H groups in total. The molecule has 22 heavy (non-hydrogen) atoms. The highest BCUT2D eigenvalue weighted by molar-refractivity contribution is 6.78. The predicted octanol–water partition coefficient (Wildman–Crippen LogP) is 5.73. The molecule has 0 radical (unpaired) electrons. The van der Waals surface area contributed by atoms with Gasteiger partial charge in [0.2, 0.25) is 0 Å². The molecule has 0 aliphatic carbocycles. The maximum absolute atomic E-state index is 9.97. The summed E-state index contributed by atoms with van der Waals surface area (Å²) in [5.41, 5.74) is 1.47. The van der Waals surface area contributed by atoms with E-state index >= 15 is 0 Å². The monoisotopic (exact) mass is 324 g/mol. The van der Waals surface area contributed by atoms with E-state index in [4.69, 9.17) is 9.16 Å². The van der Waals surface area contributed by atoms with Gasteiger partial charge < -0.3 is 14.3 Å². The highest BCUT2D eigenvalue weighted by Gasteiger charge is 2.47. The van der Waals surface area contributed by atoms with E-state index in [9.17, 15) is 5.11 Å². The lowest BCUT2D eigenvalue weighted by atomic mass is 10.3. The maximum Gasteiger partial charge on any atom is 0.258 e. The zero-order chi connectivity index (χ0) is 17.1. The Balaban J connectivity index is 3.21. The fourth-order valence-corrected chi connectivity index (χ4v) is 8.75. The smallest absolute Gasteiger partial charge is 0.258 e. The molecule has 0 bridgehead atoms. The second kappa shape index (κ2) is 7.40. The zero-order valence-electron chi connectivity index (χ0n) is 15.3. The van der Waals surface area contributed by atoms with E-state index in [1.165, 1.54) is 0 Å². The standard InChI is InChI=1S/C18H32O3Si/c1-12(2)20-17-9-16(19)10-18(11-17)21-22(13(3)4,14(5)6)15(7)8/h9-15,19H,1-8H3. The predicted molar refractivity (Wildman–Crippen MR) is 95.5 cm³/mol. The molecule has 0 unspecified atom stereocenters. The first-order chi connectivity index (χ1) is 10.1. The molecule has 4 heteroatoms. The Hall–Kier alpha value is -1.16. The van der Waals surface area contributed by atoms with Crippen molar-refractivity contribution in [2.75, 3.05) is 0 Å². The van der Waals surface area contributed by atoms with Gasteiger partial charge in [0.05, 0.1) is 6.10 Å². The third-order valence-corrected chi connectivity index (χ3v) is 10.2. The van der Waals surface area contributed by atoms with Crippen molar-refractivity contribution in [1.82, 2.24) is 0 Å². The number of hydrogen-bond acceptors (Lipinski definition) is 3. The van der Waals surface area contributed by atoms with Gasteiger partial charge in [-0.25, -0.2) is 0 Å². The Labute approximate surface area is 136 Å². The SMILES string of the molecule is CC(C)Oc1cc(O)cc(O[Si](C(C)C)(C(C)C)C(C)C)c1. The Morgan fingerprint density at radius 1 is 0.773 bits per heavy atom. The summed E-state index contributed by atoms with van der Waals surface area (Å²) in [5.74, 6) is 1.56. The molecule has 0 saturated heterocycles. The van der Waals surface area contributed by atoms with Crippen LogP contribution in [0.25, 0.3) is 0 Å². The van der Waals surface area contributed by atoms with Gasteiger partial charge in [-0.05, 0) is 30.5 Å². The van der Waals surface area contributed by atoms with Gasteiger partial charge in [0.1, 0.15) is 17.2 Å². The van der Waals surface area contributed by atoms with Crippen LogP contribution in [0.2, 0.25) is 16.6 Å². The molecule has 0 fully saturated rings. The Kier molecular flexibility index (Phi) is 6.35. The number of benzene rings is 1. The van der Waals surface area contributed by atoms with Crippen LogP contribution in [0.4, 0.5) is 0 Å². The van der Waals surface area contributed by atoms with E-state index < -0.39 is 8.32 Å². The molecule has 1 rings (SSSR count). The van der Waals surface area contributed by atoms with Crippen molar-refractivity contribution < 1.29 is 14.3 Å². The van der Waals surface area contributed by atoms with Crippen molar-refractivity contribution in [1.29, 1.82) is 0 Å². The van der Waals surface area contributed by atoms with Gasteiger partial charge in [0, 0.05) is 18.2 Å². The second-order valence-electron chi connectivity index (χ2n) is 7.25. The Bertz CT molecular complexity index is 459. The third-order valence-electron chi connectivity index (χ3n) is 4.24. The minimum atomic E-state index is -2.02. The van der Waals surface area contributed by atoms with Crippen LogP contribution >= 0.6 is 0 Å². The van der Waals surface area contributed by atoms with Gasteiger partial charge >= 0.3 is 0 Å². The van der Waals surface area contributed by atoms with Crippen molar-refractivity contribution in [2.45, 2.75) is 78.1 Å². The van der Waals surface area contributed by atoms with E-state index in [1.807, 2.05) is 19.9 Å². The molecule has 0 saturated carbocycles. The Morgan fingerprint density at radius 3 is 1.64 bits per heavy atom. The molecule has 0 heterocycles. The summed E-state index contributed by atoms with van der Waals surface area (Å²) in [5, 5.41) is 9.97. The summed E-state index contributed by atoms with van der Waals surface area (Å²) in [6, 6.07) is 5.23. The first-order valence-electron chi connectivity index (χ1n) is 8.29. The van der Waals surface area contributed by atoms with Gasteiger partial charge in [0.15, 0.2) is 0 Å². The summed E-state index contributed by atoms with van der Waals surface area (Å²) in [6.45, 7) is 17.4. The van der Waals surface area contributed by atoms with E-state index in [-0.39, 0.29) is 11.9 Å². The highest BCUT2D eigenvalue weighted by atomic mass is 28.4. The second-order valence-corrected chi connectivity index (χ2v) is 12.6. The molecule has 0 atom stereocenters. The Morgan fingerprint density at radius 2 is 1.23 bits per heavy atom. The molecule has 0 aromatic heterocycles. The molecule has 1 aromatic carbocycles. The first kappa shape index (κ1) is 18.9. The molecule has 0 amide bonds. The molecular weight excluding hydrogens is 292 g/mol. The lowest BCUT2D eigenvalue weighted by molar-refractivity contribution is 0.240. The minimum Gasteiger partial charge on any atom is -0.543 e. The molecule has 0 aliphatic heterocycles. The average molecular weight is 325 g/mol. The number of phenols is 1. The molecular formula is C18H32O3Si. The van der Waals surface area contributed by atoms with Crippen LogP contribution in [0, 0.1) is 0 Å². The molecule has 0 spiro atoms. The van der Waals surface area contributed by atoms with Crippen LogP contribution in [0.3, 0.4) is 0 Å². The summed E-state index contributed by atoms with van der Waals surface area (Å²) < 4.78 is 12.3. The van der Waals surface area contributed by atoms with Crippen LogP contribution in [-0.2, 0) is 0 Å². The van der Waals surface area contributed by atoms with Gasteiger partial charge in [-0.3, -0.25) is 0 Å². The van der Waals surface area contributed by atoms with Crippen molar-refractivity contribution in [2.24, 2.45) is 0 Å². The molecule has 1 aromatic rings. The van der Waals surface area contributed by atoms with Crippen molar-refractivity contribution in [3.05, 3.63) is 18.2 Å². The summed E-state index contributed by atoms with van der Waals surface area (Å²) >= 11 is 0. The zero-order valence-corrected chi connectivity index (χ0v) is 16.3. The van der Waals surface area contributed by atoms with Crippen LogP contribution in [0.5, 0.6) is 17.2 Å². The fourth-order valence-electron chi connectivity index (χ4n) is 3.51. The van der Waals surface area contributed by atoms with Gasteiger partial charge in [-0.15, -0.1) is 0 Å². The lowest BCUT2D eigenvalue weighted by Gasteiger charge is -2.42. The van der Waals surface area contributed by atoms with Crippen LogP contribution in [0.15, 0.2) is 18.2 Å². The van der Waals surface area contributed by atoms with Gasteiger partial charge in [-0.1, -0.05) is 41.5 Å². The quantitative estimate of drug-likeness (QED) is 0.651. The van der Waals surface area contributed by atoms with E-state index in [0.717, 1.165) is 5.75 Å². The number of aromatic hydroxyl groups is 1. The topological polar surface area (TPSA) is 38.7 Å². The average Bonchev–Trinajstić information content (AvgIpc) is 2.32. The summed E-state index contributed by atoms with van der Waals surface area (Å²) in [7, 11) is -2.02. The van der Waals surface area contributed by atoms with E-state index in [0.29, 0.717) is 22.4 Å². The van der Waals surface area contributed by atoms with E-state index in [1.54, 1.807) is 12.1 Å². The molecule has 126 valence electrons. The van der Waals surface area contributed by atoms with Gasteiger partial charge in [0.25, 0.3) is 8.32 Å². The lowest BCUT2D eigenvalue weighted by Crippen LogP contribution is -2.50. The number of hydrogen-bond donors (Lipinski definition) is 1. The largest absolute Gasteiger partial charge is 0.543 e. The minimum absolute atomic E-state index is 0.0666. The van der Waals surface area contributed by atoms with Crippen LogP contribution in [0.1, 0.15) is 55.4 Å². The van der Waals surface area contributed by atoms with Gasteiger partial charge in [-0.2, -0.15) is 0 Å². The van der Waals surface area contributed by atoms with Crippen molar-refractivity contribution in [3.63, 3.8) is 0 Å². The molecule has 0 aliphatic rings. The number of phenolic OH excluding ortho intramolecular Hbond substituents is 1. The fraction of sp³-hybridized carbons (Fsp3) is 0.667. The number of ether oxygens (including phenoxy) is 1.